The molecule has 1 N–H and O–H groups in total. The van der Waals surface area contributed by atoms with Crippen molar-refractivity contribution in [3.8, 4) is 0 Å². The molecule has 1 saturated heterocycles. The minimum atomic E-state index is -1.84. The molecule has 0 unspecified atom stereocenters. The third-order valence-corrected chi connectivity index (χ3v) is 6.29. The SMILES string of the molecule is Cc1ccc(C)c(C(=O)C[C@]2(O)C(=O)N(CN3CCN(C)CC3)c3ccccc32)c1. The fourth-order valence-electron chi connectivity index (χ4n) is 4.37. The standard InChI is InChI=1S/C24H29N3O3/c1-17-8-9-18(2)19(14-17)22(28)15-24(30)20-6-4-5-7-21(20)27(23(24)29)16-26-12-10-25(3)11-13-26/h4-9,14,30H,10-13,15-16H2,1-3H3/t24-/m1/s1. The molecule has 1 amide bonds. The highest BCUT2D eigenvalue weighted by atomic mass is 16.3. The van der Waals surface area contributed by atoms with Crippen molar-refractivity contribution in [1.82, 2.24) is 9.80 Å². The van der Waals surface area contributed by atoms with Crippen LogP contribution in [-0.4, -0.2) is 66.5 Å². The molecule has 0 aliphatic carbocycles. The predicted molar refractivity (Wildman–Crippen MR) is 117 cm³/mol. The number of benzene rings is 2. The zero-order chi connectivity index (χ0) is 21.5. The minimum absolute atomic E-state index is 0.219. The highest BCUT2D eigenvalue weighted by Crippen LogP contribution is 2.43. The quantitative estimate of drug-likeness (QED) is 0.771. The molecular formula is C24H29N3O3. The number of carbonyl (C=O) groups is 2. The molecule has 0 spiro atoms. The molecular weight excluding hydrogens is 378 g/mol. The maximum Gasteiger partial charge on any atom is 0.265 e. The van der Waals surface area contributed by atoms with Gasteiger partial charge in [0.05, 0.1) is 18.8 Å². The van der Waals surface area contributed by atoms with E-state index in [1.807, 2.05) is 44.2 Å². The van der Waals surface area contributed by atoms with E-state index in [0.717, 1.165) is 37.3 Å². The van der Waals surface area contributed by atoms with E-state index in [0.29, 0.717) is 23.5 Å². The molecule has 0 saturated carbocycles. The first-order valence-electron chi connectivity index (χ1n) is 10.4. The highest BCUT2D eigenvalue weighted by molar-refractivity contribution is 6.11. The second-order valence-corrected chi connectivity index (χ2v) is 8.59. The molecule has 0 bridgehead atoms. The second-order valence-electron chi connectivity index (χ2n) is 8.59. The fraction of sp³-hybridized carbons (Fsp3) is 0.417. The average Bonchev–Trinajstić information content (AvgIpc) is 2.93. The van der Waals surface area contributed by atoms with E-state index in [1.165, 1.54) is 0 Å². The summed E-state index contributed by atoms with van der Waals surface area (Å²) in [5, 5.41) is 11.5. The van der Waals surface area contributed by atoms with Gasteiger partial charge in [-0.2, -0.15) is 0 Å². The van der Waals surface area contributed by atoms with Crippen LogP contribution < -0.4 is 4.90 Å². The molecule has 2 aromatic rings. The van der Waals surface area contributed by atoms with Gasteiger partial charge in [0.2, 0.25) is 0 Å². The predicted octanol–water partition coefficient (Wildman–Crippen LogP) is 2.32. The topological polar surface area (TPSA) is 64.1 Å². The lowest BCUT2D eigenvalue weighted by Crippen LogP contribution is -2.51. The van der Waals surface area contributed by atoms with Gasteiger partial charge in [0.1, 0.15) is 0 Å². The number of aliphatic hydroxyl groups is 1. The Hall–Kier alpha value is -2.54. The Balaban J connectivity index is 1.62. The molecule has 4 rings (SSSR count). The van der Waals surface area contributed by atoms with Crippen molar-refractivity contribution in [3.05, 3.63) is 64.7 Å². The monoisotopic (exact) mass is 407 g/mol. The average molecular weight is 408 g/mol. The van der Waals surface area contributed by atoms with E-state index in [1.54, 1.807) is 17.0 Å². The van der Waals surface area contributed by atoms with Crippen LogP contribution in [0.4, 0.5) is 5.69 Å². The molecule has 2 aliphatic heterocycles. The summed E-state index contributed by atoms with van der Waals surface area (Å²) in [6.45, 7) is 7.84. The van der Waals surface area contributed by atoms with Crippen LogP contribution in [0.25, 0.3) is 0 Å². The zero-order valence-corrected chi connectivity index (χ0v) is 17.9. The molecule has 2 aliphatic rings. The first-order chi connectivity index (χ1) is 14.3. The van der Waals surface area contributed by atoms with Crippen LogP contribution in [0.2, 0.25) is 0 Å². The summed E-state index contributed by atoms with van der Waals surface area (Å²) in [6.07, 6.45) is -0.258. The molecule has 2 aromatic carbocycles. The smallest absolute Gasteiger partial charge is 0.265 e. The lowest BCUT2D eigenvalue weighted by atomic mass is 9.87. The molecule has 158 valence electrons. The van der Waals surface area contributed by atoms with Gasteiger partial charge in [-0.05, 0) is 38.6 Å². The molecule has 30 heavy (non-hydrogen) atoms. The first kappa shape index (κ1) is 20.7. The molecule has 0 radical (unpaired) electrons. The summed E-state index contributed by atoms with van der Waals surface area (Å²) in [5.74, 6) is -0.635. The van der Waals surface area contributed by atoms with Crippen LogP contribution in [0, 0.1) is 13.8 Å². The molecule has 6 heteroatoms. The fourth-order valence-corrected chi connectivity index (χ4v) is 4.37. The molecule has 1 fully saturated rings. The van der Waals surface area contributed by atoms with Crippen molar-refractivity contribution < 1.29 is 14.7 Å². The Labute approximate surface area is 177 Å². The largest absolute Gasteiger partial charge is 0.375 e. The highest BCUT2D eigenvalue weighted by Gasteiger charge is 2.51. The Morgan fingerprint density at radius 3 is 2.50 bits per heavy atom. The van der Waals surface area contributed by atoms with E-state index in [9.17, 15) is 14.7 Å². The summed E-state index contributed by atoms with van der Waals surface area (Å²) >= 11 is 0. The van der Waals surface area contributed by atoms with Crippen molar-refractivity contribution in [2.45, 2.75) is 25.9 Å². The van der Waals surface area contributed by atoms with Crippen molar-refractivity contribution in [1.29, 1.82) is 0 Å². The summed E-state index contributed by atoms with van der Waals surface area (Å²) in [6, 6.07) is 13.0. The maximum atomic E-state index is 13.4. The third-order valence-electron chi connectivity index (χ3n) is 6.29. The number of Topliss-reactive ketones (excluding diaryl/α,β-unsaturated/α-hetero) is 1. The van der Waals surface area contributed by atoms with Crippen LogP contribution in [0.3, 0.4) is 0 Å². The van der Waals surface area contributed by atoms with Crippen LogP contribution in [0.1, 0.15) is 33.5 Å². The molecule has 2 heterocycles. The lowest BCUT2D eigenvalue weighted by Gasteiger charge is -2.35. The summed E-state index contributed by atoms with van der Waals surface area (Å²) in [4.78, 5) is 32.7. The minimum Gasteiger partial charge on any atom is -0.375 e. The Morgan fingerprint density at radius 1 is 1.07 bits per heavy atom. The normalized spacial score (nSPS) is 22.4. The van der Waals surface area contributed by atoms with E-state index in [4.69, 9.17) is 0 Å². The van der Waals surface area contributed by atoms with E-state index in [-0.39, 0.29) is 12.2 Å². The summed E-state index contributed by atoms with van der Waals surface area (Å²) in [5.41, 5.74) is 1.76. The number of hydrogen-bond donors (Lipinski definition) is 1. The molecule has 0 aromatic heterocycles. The van der Waals surface area contributed by atoms with E-state index < -0.39 is 11.5 Å². The van der Waals surface area contributed by atoms with Crippen LogP contribution >= 0.6 is 0 Å². The van der Waals surface area contributed by atoms with E-state index >= 15 is 0 Å². The molecule has 1 atom stereocenters. The number of rotatable bonds is 5. The van der Waals surface area contributed by atoms with Gasteiger partial charge in [-0.3, -0.25) is 19.4 Å². The van der Waals surface area contributed by atoms with Crippen molar-refractivity contribution in [2.75, 3.05) is 44.8 Å². The van der Waals surface area contributed by atoms with Gasteiger partial charge in [-0.15, -0.1) is 0 Å². The van der Waals surface area contributed by atoms with Gasteiger partial charge in [-0.1, -0.05) is 35.9 Å². The van der Waals surface area contributed by atoms with Gasteiger partial charge in [0.25, 0.3) is 5.91 Å². The van der Waals surface area contributed by atoms with Crippen LogP contribution in [0.5, 0.6) is 0 Å². The number of likely N-dealkylation sites (N-methyl/N-ethyl adjacent to an activating group) is 1. The number of piperazine rings is 1. The van der Waals surface area contributed by atoms with Crippen LogP contribution in [-0.2, 0) is 10.4 Å². The van der Waals surface area contributed by atoms with Crippen molar-refractivity contribution in [3.63, 3.8) is 0 Å². The number of nitrogens with zero attached hydrogens (tertiary/aromatic N) is 3. The maximum absolute atomic E-state index is 13.4. The summed E-state index contributed by atoms with van der Waals surface area (Å²) in [7, 11) is 2.09. The number of hydrogen-bond acceptors (Lipinski definition) is 5. The summed E-state index contributed by atoms with van der Waals surface area (Å²) < 4.78 is 0. The number of para-hydroxylation sites is 1. The Kier molecular flexibility index (Phi) is 5.49. The molecule has 6 nitrogen and oxygen atoms in total. The van der Waals surface area contributed by atoms with Gasteiger partial charge in [0.15, 0.2) is 11.4 Å². The number of anilines is 1. The lowest BCUT2D eigenvalue weighted by molar-refractivity contribution is -0.136. The van der Waals surface area contributed by atoms with Crippen molar-refractivity contribution in [2.24, 2.45) is 0 Å². The third kappa shape index (κ3) is 3.67. The van der Waals surface area contributed by atoms with Crippen LogP contribution in [0.15, 0.2) is 42.5 Å². The Morgan fingerprint density at radius 2 is 1.77 bits per heavy atom. The van der Waals surface area contributed by atoms with E-state index in [2.05, 4.69) is 16.8 Å². The number of amides is 1. The van der Waals surface area contributed by atoms with Gasteiger partial charge >= 0.3 is 0 Å². The number of carbonyl (C=O) groups excluding carboxylic acids is 2. The zero-order valence-electron chi connectivity index (χ0n) is 17.9. The second kappa shape index (κ2) is 7.95. The number of ketones is 1. The number of aryl methyl sites for hydroxylation is 2. The number of fused-ring (bicyclic) bond motifs is 1. The van der Waals surface area contributed by atoms with Gasteiger partial charge in [-0.25, -0.2) is 0 Å². The van der Waals surface area contributed by atoms with Crippen molar-refractivity contribution >= 4 is 17.4 Å². The first-order valence-corrected chi connectivity index (χ1v) is 10.4. The van der Waals surface area contributed by atoms with Gasteiger partial charge < -0.3 is 10.0 Å². The Bertz CT molecular complexity index is 981. The van der Waals surface area contributed by atoms with Gasteiger partial charge in [0, 0.05) is 37.3 Å².